The zero-order chi connectivity index (χ0) is 34.4. The van der Waals surface area contributed by atoms with Gasteiger partial charge in [-0.15, -0.1) is 0 Å². The molecule has 0 heterocycles. The lowest BCUT2D eigenvalue weighted by molar-refractivity contribution is -0.152. The highest BCUT2D eigenvalue weighted by Crippen LogP contribution is 2.90. The van der Waals surface area contributed by atoms with Crippen LogP contribution < -0.4 is 0 Å². The number of carbonyl (C=O) groups is 1. The summed E-state index contributed by atoms with van der Waals surface area (Å²) in [6.45, 7) is 0. The summed E-state index contributed by atoms with van der Waals surface area (Å²) in [6, 6.07) is 12.3. The molecule has 0 amide bonds. The Morgan fingerprint density at radius 2 is 1.35 bits per heavy atom. The topological polar surface area (TPSA) is 26.3 Å². The number of hydrogen-bond donors (Lipinski definition) is 0. The smallest absolute Gasteiger partial charge is 0.305 e. The van der Waals surface area contributed by atoms with Gasteiger partial charge in [0.2, 0.25) is 0 Å². The van der Waals surface area contributed by atoms with Crippen molar-refractivity contribution in [2.24, 2.45) is 142 Å². The minimum absolute atomic E-state index is 0.00444. The Balaban J connectivity index is 1.04. The number of esters is 1. The Labute approximate surface area is 320 Å². The highest BCUT2D eigenvalue weighted by atomic mass is 16.5. The molecule has 25 atom stereocenters. The maximum Gasteiger partial charge on any atom is 0.305 e. The van der Waals surface area contributed by atoms with E-state index in [1.54, 1.807) is 49.5 Å². The number of ether oxygens (including phenoxy) is 1. The van der Waals surface area contributed by atoms with Crippen molar-refractivity contribution in [2.75, 3.05) is 7.11 Å². The predicted molar refractivity (Wildman–Crippen MR) is 205 cm³/mol. The SMILES string of the molecule is COC(=O)CCCC1(c2ccccc2)C2C3=C4CCC5C6CCC7C8CCC9C%10C=CC%11=C(C=C3)C2C2=C%11C%10C3C9C8C8C7C6C6C5C4C1C1C2C3C8C61. The standard InChI is InChI=1S/C52H54O2/c1-54-31(53)8-5-19-52(20-6-3-2-4-7-20)50-30-18-17-28-27-14-13-24-23-10-9-21-22-11-12-25-26-15-16-29(30)39-38(26)43-35(25)34(22)41-32(21)33(23)42-36(24)37(27)44(40(28)50)48-46(42)45(41)47(43)49(48)51(39)52/h2-4,6-7,13-14,17-18,21-26,32-36,38-43,45-51H,5,8-12,15-16,19H2,1H3. The van der Waals surface area contributed by atoms with Crippen LogP contribution in [0.3, 0.4) is 0 Å². The Kier molecular flexibility index (Phi) is 4.67. The minimum atomic E-state index is -0.00444. The molecule has 2 nitrogen and oxygen atoms in total. The van der Waals surface area contributed by atoms with Crippen molar-refractivity contribution in [1.29, 1.82) is 0 Å². The second kappa shape index (κ2) is 8.77. The molecule has 0 N–H and O–H groups in total. The van der Waals surface area contributed by atoms with E-state index in [2.05, 4.69) is 60.2 Å². The van der Waals surface area contributed by atoms with Gasteiger partial charge in [0.15, 0.2) is 0 Å². The van der Waals surface area contributed by atoms with E-state index in [9.17, 15) is 4.79 Å². The van der Waals surface area contributed by atoms with E-state index >= 15 is 0 Å². The second-order valence-corrected chi connectivity index (χ2v) is 22.8. The summed E-state index contributed by atoms with van der Waals surface area (Å²) in [6.07, 6.45) is 23.0. The van der Waals surface area contributed by atoms with Gasteiger partial charge < -0.3 is 4.74 Å². The summed E-state index contributed by atoms with van der Waals surface area (Å²) < 4.78 is 5.39. The van der Waals surface area contributed by atoms with Crippen LogP contribution in [0.4, 0.5) is 0 Å². The molecule has 1 aromatic rings. The average molecular weight is 711 g/mol. The number of benzene rings is 1. The van der Waals surface area contributed by atoms with Crippen molar-refractivity contribution in [2.45, 2.75) is 63.2 Å². The van der Waals surface area contributed by atoms with E-state index < -0.39 is 0 Å². The zero-order valence-corrected chi connectivity index (χ0v) is 31.7. The molecular formula is C52H54O2. The Hall–Kier alpha value is -2.61. The molecule has 0 saturated heterocycles. The maximum atomic E-state index is 13.0. The molecule has 2 heteroatoms. The first-order valence-electron chi connectivity index (χ1n) is 23.4. The predicted octanol–water partition coefficient (Wildman–Crippen LogP) is 9.62. The first kappa shape index (κ1) is 28.7. The monoisotopic (exact) mass is 710 g/mol. The first-order chi connectivity index (χ1) is 26.7. The van der Waals surface area contributed by atoms with E-state index in [1.165, 1.54) is 12.8 Å². The van der Waals surface area contributed by atoms with Crippen LogP contribution in [0.2, 0.25) is 0 Å². The number of carbonyl (C=O) groups excluding carboxylic acids is 1. The minimum Gasteiger partial charge on any atom is -0.469 e. The van der Waals surface area contributed by atoms with Crippen LogP contribution in [0.15, 0.2) is 88.1 Å². The van der Waals surface area contributed by atoms with Crippen molar-refractivity contribution >= 4 is 5.97 Å². The van der Waals surface area contributed by atoms with E-state index in [1.807, 2.05) is 16.7 Å². The molecule has 25 unspecified atom stereocenters. The van der Waals surface area contributed by atoms with Gasteiger partial charge in [0, 0.05) is 23.7 Å². The van der Waals surface area contributed by atoms with Gasteiger partial charge in [-0.25, -0.2) is 0 Å². The van der Waals surface area contributed by atoms with Crippen molar-refractivity contribution in [3.05, 3.63) is 93.6 Å². The lowest BCUT2D eigenvalue weighted by atomic mass is 9.37. The number of allylic oxidation sites excluding steroid dienone is 10. The van der Waals surface area contributed by atoms with Crippen molar-refractivity contribution in [3.63, 3.8) is 0 Å². The Morgan fingerprint density at radius 3 is 2.15 bits per heavy atom. The van der Waals surface area contributed by atoms with Gasteiger partial charge in [-0.2, -0.15) is 0 Å². The fraction of sp³-hybridized carbons (Fsp3) is 0.673. The van der Waals surface area contributed by atoms with E-state index in [0.717, 1.165) is 143 Å². The molecule has 2 bridgehead atoms. The van der Waals surface area contributed by atoms with Gasteiger partial charge in [0.1, 0.15) is 0 Å². The third kappa shape index (κ3) is 2.54. The third-order valence-electron chi connectivity index (χ3n) is 23.4. The van der Waals surface area contributed by atoms with Crippen LogP contribution in [-0.4, -0.2) is 13.1 Å². The van der Waals surface area contributed by atoms with E-state index in [0.29, 0.717) is 18.3 Å². The molecule has 11 fully saturated rings. The molecule has 54 heavy (non-hydrogen) atoms. The molecule has 11 saturated carbocycles. The number of methoxy groups -OCH3 is 1. The van der Waals surface area contributed by atoms with Crippen LogP contribution in [0.5, 0.6) is 0 Å². The molecule has 1 aromatic carbocycles. The number of rotatable bonds is 5. The maximum absolute atomic E-state index is 13.0. The third-order valence-corrected chi connectivity index (χ3v) is 23.4. The summed E-state index contributed by atoms with van der Waals surface area (Å²) in [5.41, 5.74) is 13.1. The largest absolute Gasteiger partial charge is 0.469 e. The van der Waals surface area contributed by atoms with E-state index in [4.69, 9.17) is 4.74 Å². The highest BCUT2D eigenvalue weighted by molar-refractivity contribution is 5.71. The van der Waals surface area contributed by atoms with Crippen LogP contribution in [0, 0.1) is 142 Å². The second-order valence-electron chi connectivity index (χ2n) is 22.8. The van der Waals surface area contributed by atoms with Crippen molar-refractivity contribution < 1.29 is 9.53 Å². The highest BCUT2D eigenvalue weighted by Gasteiger charge is 2.86. The lowest BCUT2D eigenvalue weighted by Crippen LogP contribution is -2.63. The van der Waals surface area contributed by atoms with Gasteiger partial charge >= 0.3 is 5.97 Å². The summed E-state index contributed by atoms with van der Waals surface area (Å²) >= 11 is 0. The van der Waals surface area contributed by atoms with Gasteiger partial charge in [0.05, 0.1) is 7.11 Å². The van der Waals surface area contributed by atoms with Gasteiger partial charge in [0.25, 0.3) is 0 Å². The molecule has 16 aliphatic carbocycles. The number of hydrogen-bond acceptors (Lipinski definition) is 2. The van der Waals surface area contributed by atoms with Gasteiger partial charge in [-0.3, -0.25) is 4.79 Å². The Morgan fingerprint density at radius 1 is 0.685 bits per heavy atom. The van der Waals surface area contributed by atoms with Crippen LogP contribution in [0.25, 0.3) is 0 Å². The summed E-state index contributed by atoms with van der Waals surface area (Å²) in [5.74, 6) is 22.1. The summed E-state index contributed by atoms with van der Waals surface area (Å²) in [5, 5.41) is 0. The van der Waals surface area contributed by atoms with Crippen molar-refractivity contribution in [1.82, 2.24) is 0 Å². The zero-order valence-electron chi connectivity index (χ0n) is 31.7. The molecular weight excluding hydrogens is 657 g/mol. The first-order valence-corrected chi connectivity index (χ1v) is 23.4. The molecule has 0 aliphatic heterocycles. The van der Waals surface area contributed by atoms with Crippen LogP contribution >= 0.6 is 0 Å². The van der Waals surface area contributed by atoms with Crippen molar-refractivity contribution in [3.8, 4) is 0 Å². The summed E-state index contributed by atoms with van der Waals surface area (Å²) in [7, 11) is 1.61. The van der Waals surface area contributed by atoms with Gasteiger partial charge in [-0.1, -0.05) is 65.8 Å². The molecule has 17 rings (SSSR count). The van der Waals surface area contributed by atoms with E-state index in [-0.39, 0.29) is 11.4 Å². The summed E-state index contributed by atoms with van der Waals surface area (Å²) in [4.78, 5) is 13.0. The fourth-order valence-corrected chi connectivity index (χ4v) is 24.1. The Bertz CT molecular complexity index is 2220. The number of fused-ring (bicyclic) bond motifs is 3. The van der Waals surface area contributed by atoms with Gasteiger partial charge in [-0.05, 0) is 209 Å². The normalized spacial score (nSPS) is 61.7. The average Bonchev–Trinajstić information content (AvgIpc) is 3.98. The molecule has 274 valence electrons. The molecule has 16 aliphatic rings. The quantitative estimate of drug-likeness (QED) is 0.285. The molecule has 0 radical (unpaired) electrons. The fourth-order valence-electron chi connectivity index (χ4n) is 24.1. The van der Waals surface area contributed by atoms with Crippen LogP contribution in [0.1, 0.15) is 63.4 Å². The van der Waals surface area contributed by atoms with Crippen LogP contribution in [-0.2, 0) is 14.9 Å². The molecule has 0 spiro atoms. The molecule has 0 aromatic heterocycles. The lowest BCUT2D eigenvalue weighted by Gasteiger charge is -2.67.